The highest BCUT2D eigenvalue weighted by molar-refractivity contribution is 5.81. The van der Waals surface area contributed by atoms with Crippen LogP contribution < -0.4 is 4.74 Å². The number of ether oxygens (including phenoxy) is 1. The van der Waals surface area contributed by atoms with Crippen molar-refractivity contribution in [3.63, 3.8) is 0 Å². The van der Waals surface area contributed by atoms with Gasteiger partial charge in [0.25, 0.3) is 0 Å². The fourth-order valence-electron chi connectivity index (χ4n) is 2.67. The normalized spacial score (nSPS) is 12.8. The van der Waals surface area contributed by atoms with Gasteiger partial charge in [0, 0.05) is 11.6 Å². The Bertz CT molecular complexity index is 708. The van der Waals surface area contributed by atoms with E-state index in [1.165, 1.54) is 30.9 Å². The summed E-state index contributed by atoms with van der Waals surface area (Å²) in [6.07, 6.45) is 17.6. The number of para-hydroxylation sites is 1. The molecule has 0 heterocycles. The molecule has 1 rings (SSSR count). The van der Waals surface area contributed by atoms with Crippen LogP contribution in [-0.4, -0.2) is 17.7 Å². The zero-order valence-corrected chi connectivity index (χ0v) is 17.5. The van der Waals surface area contributed by atoms with Gasteiger partial charge in [-0.15, -0.1) is 0 Å². The molecular weight excluding hydrogens is 348 g/mol. The minimum absolute atomic E-state index is 0.691. The average molecular weight is 383 g/mol. The van der Waals surface area contributed by atoms with E-state index in [9.17, 15) is 4.79 Å². The van der Waals surface area contributed by atoms with Crippen LogP contribution in [0.5, 0.6) is 5.75 Å². The van der Waals surface area contributed by atoms with Gasteiger partial charge in [0.05, 0.1) is 6.61 Å². The highest BCUT2D eigenvalue weighted by Gasteiger charge is 2.00. The number of rotatable bonds is 13. The zero-order valence-electron chi connectivity index (χ0n) is 17.5. The lowest BCUT2D eigenvalue weighted by Crippen LogP contribution is -1.98. The van der Waals surface area contributed by atoms with E-state index in [0.717, 1.165) is 36.3 Å². The molecule has 0 unspecified atom stereocenters. The molecule has 1 aromatic rings. The van der Waals surface area contributed by atoms with Gasteiger partial charge in [-0.3, -0.25) is 0 Å². The van der Waals surface area contributed by atoms with Crippen LogP contribution in [0.25, 0.3) is 6.08 Å². The Kier molecular flexibility index (Phi) is 12.2. The van der Waals surface area contributed by atoms with Gasteiger partial charge >= 0.3 is 5.97 Å². The maximum atomic E-state index is 10.8. The maximum absolute atomic E-state index is 10.8. The van der Waals surface area contributed by atoms with E-state index < -0.39 is 5.97 Å². The Morgan fingerprint density at radius 3 is 2.43 bits per heavy atom. The number of carbonyl (C=O) groups is 1. The lowest BCUT2D eigenvalue weighted by molar-refractivity contribution is -0.131. The van der Waals surface area contributed by atoms with Crippen LogP contribution in [0.2, 0.25) is 0 Å². The Hall–Kier alpha value is -2.55. The molecule has 0 aliphatic carbocycles. The summed E-state index contributed by atoms with van der Waals surface area (Å²) >= 11 is 0. The summed E-state index contributed by atoms with van der Waals surface area (Å²) in [5.41, 5.74) is 3.03. The number of carboxylic acids is 1. The monoisotopic (exact) mass is 382 g/mol. The number of hydrogen-bond acceptors (Lipinski definition) is 2. The largest absolute Gasteiger partial charge is 0.493 e. The van der Waals surface area contributed by atoms with Crippen molar-refractivity contribution in [1.82, 2.24) is 0 Å². The van der Waals surface area contributed by atoms with Gasteiger partial charge in [-0.05, 0) is 36.5 Å². The van der Waals surface area contributed by atoms with E-state index in [0.29, 0.717) is 6.42 Å². The van der Waals surface area contributed by atoms with Crippen molar-refractivity contribution in [1.29, 1.82) is 0 Å². The lowest BCUT2D eigenvalue weighted by atomic mass is 10.1. The molecule has 0 saturated heterocycles. The fourth-order valence-corrected chi connectivity index (χ4v) is 2.67. The third-order valence-corrected chi connectivity index (χ3v) is 4.40. The summed E-state index contributed by atoms with van der Waals surface area (Å²) in [5.74, 6) is 0.00583. The number of unbranched alkanes of at least 4 members (excludes halogenated alkanes) is 3. The second-order valence-electron chi connectivity index (χ2n) is 6.65. The van der Waals surface area contributed by atoms with Gasteiger partial charge in [0.15, 0.2) is 0 Å². The molecular formula is C25H34O3. The first-order valence-corrected chi connectivity index (χ1v) is 10.3. The van der Waals surface area contributed by atoms with Crippen molar-refractivity contribution in [3.05, 3.63) is 71.4 Å². The van der Waals surface area contributed by atoms with Crippen LogP contribution in [0.15, 0.2) is 65.8 Å². The van der Waals surface area contributed by atoms with Crippen molar-refractivity contribution < 1.29 is 14.6 Å². The van der Waals surface area contributed by atoms with Crippen molar-refractivity contribution >= 4 is 12.0 Å². The van der Waals surface area contributed by atoms with Crippen molar-refractivity contribution in [2.75, 3.05) is 6.61 Å². The second-order valence-corrected chi connectivity index (χ2v) is 6.65. The minimum Gasteiger partial charge on any atom is -0.493 e. The van der Waals surface area contributed by atoms with Gasteiger partial charge in [0.2, 0.25) is 0 Å². The molecule has 0 fully saturated rings. The average Bonchev–Trinajstić information content (AvgIpc) is 2.70. The summed E-state index contributed by atoms with van der Waals surface area (Å²) < 4.78 is 5.97. The minimum atomic E-state index is -0.910. The lowest BCUT2D eigenvalue weighted by Gasteiger charge is -2.09. The van der Waals surface area contributed by atoms with Crippen LogP contribution in [0.4, 0.5) is 0 Å². The molecule has 3 nitrogen and oxygen atoms in total. The molecule has 0 aliphatic rings. The molecule has 1 N–H and O–H groups in total. The summed E-state index contributed by atoms with van der Waals surface area (Å²) in [6, 6.07) is 8.09. The summed E-state index contributed by atoms with van der Waals surface area (Å²) in [7, 11) is 0. The summed E-state index contributed by atoms with van der Waals surface area (Å²) in [6.45, 7) is 7.01. The number of benzene rings is 1. The zero-order chi connectivity index (χ0) is 20.6. The molecule has 0 bridgehead atoms. The Morgan fingerprint density at radius 1 is 1.00 bits per heavy atom. The highest BCUT2D eigenvalue weighted by Crippen LogP contribution is 2.21. The van der Waals surface area contributed by atoms with Crippen LogP contribution in [0.3, 0.4) is 0 Å². The molecule has 1 aromatic carbocycles. The number of aliphatic carboxylic acids is 1. The second kappa shape index (κ2) is 14.5. The van der Waals surface area contributed by atoms with Gasteiger partial charge in [-0.25, -0.2) is 4.79 Å². The Labute approximate surface area is 170 Å². The van der Waals surface area contributed by atoms with Crippen LogP contribution in [-0.2, 0) is 4.79 Å². The number of hydrogen-bond donors (Lipinski definition) is 1. The SMILES string of the molecule is CCCCCCOc1ccccc1C=CC(=CC=CC(=CC(=O)O)CC)CC. The summed E-state index contributed by atoms with van der Waals surface area (Å²) in [5, 5.41) is 8.86. The quantitative estimate of drug-likeness (QED) is 0.227. The van der Waals surface area contributed by atoms with Gasteiger partial charge in [-0.1, -0.05) is 88.6 Å². The van der Waals surface area contributed by atoms with Crippen molar-refractivity contribution in [3.8, 4) is 5.75 Å². The molecule has 0 spiro atoms. The smallest absolute Gasteiger partial charge is 0.328 e. The third kappa shape index (κ3) is 9.96. The molecule has 0 atom stereocenters. The molecule has 0 amide bonds. The molecule has 28 heavy (non-hydrogen) atoms. The Balaban J connectivity index is 2.77. The topological polar surface area (TPSA) is 46.5 Å². The van der Waals surface area contributed by atoms with E-state index in [2.05, 4.69) is 32.1 Å². The van der Waals surface area contributed by atoms with Crippen LogP contribution >= 0.6 is 0 Å². The van der Waals surface area contributed by atoms with Gasteiger partial charge in [0.1, 0.15) is 5.75 Å². The predicted molar refractivity (Wildman–Crippen MR) is 119 cm³/mol. The van der Waals surface area contributed by atoms with E-state index in [4.69, 9.17) is 9.84 Å². The molecule has 3 heteroatoms. The molecule has 0 saturated carbocycles. The number of allylic oxidation sites excluding steroid dienone is 6. The third-order valence-electron chi connectivity index (χ3n) is 4.40. The molecule has 152 valence electrons. The van der Waals surface area contributed by atoms with Crippen LogP contribution in [0.1, 0.15) is 64.9 Å². The van der Waals surface area contributed by atoms with E-state index in [1.54, 1.807) is 0 Å². The maximum Gasteiger partial charge on any atom is 0.328 e. The van der Waals surface area contributed by atoms with Gasteiger partial charge < -0.3 is 9.84 Å². The summed E-state index contributed by atoms with van der Waals surface area (Å²) in [4.78, 5) is 10.8. The van der Waals surface area contributed by atoms with Crippen molar-refractivity contribution in [2.24, 2.45) is 0 Å². The first kappa shape index (κ1) is 23.5. The van der Waals surface area contributed by atoms with Crippen LogP contribution in [0, 0.1) is 0 Å². The van der Waals surface area contributed by atoms with Crippen molar-refractivity contribution in [2.45, 2.75) is 59.3 Å². The van der Waals surface area contributed by atoms with E-state index in [-0.39, 0.29) is 0 Å². The van der Waals surface area contributed by atoms with E-state index >= 15 is 0 Å². The van der Waals surface area contributed by atoms with Gasteiger partial charge in [-0.2, -0.15) is 0 Å². The molecule has 0 aliphatic heterocycles. The van der Waals surface area contributed by atoms with E-state index in [1.807, 2.05) is 43.4 Å². The Morgan fingerprint density at radius 2 is 1.75 bits per heavy atom. The molecule has 0 aromatic heterocycles. The highest BCUT2D eigenvalue weighted by atomic mass is 16.5. The molecule has 0 radical (unpaired) electrons. The standard InChI is InChI=1S/C25H34O3/c1-4-7-8-11-19-28-24-16-10-9-15-23(24)18-17-21(5-2)13-12-14-22(6-3)20-25(26)27/h9-10,12-18,20H,4-8,11,19H2,1-3H3,(H,26,27). The first-order chi connectivity index (χ1) is 13.6. The predicted octanol–water partition coefficient (Wildman–Crippen LogP) is 6.97. The first-order valence-electron chi connectivity index (χ1n) is 10.3. The number of carboxylic acid groups (broad SMARTS) is 1. The fraction of sp³-hybridized carbons (Fsp3) is 0.400.